The van der Waals surface area contributed by atoms with Gasteiger partial charge in [-0.1, -0.05) is 0 Å². The van der Waals surface area contributed by atoms with Crippen molar-refractivity contribution in [2.75, 3.05) is 41.3 Å². The minimum absolute atomic E-state index is 0.851. The Labute approximate surface area is 101 Å². The van der Waals surface area contributed by atoms with Crippen LogP contribution < -0.4 is 0 Å². The van der Waals surface area contributed by atoms with Gasteiger partial charge in [-0.25, -0.2) is 0 Å². The van der Waals surface area contributed by atoms with Crippen LogP contribution in [-0.4, -0.2) is 65.4 Å². The molecule has 0 aliphatic heterocycles. The Bertz CT molecular complexity index is 124. The van der Waals surface area contributed by atoms with E-state index in [0.29, 0.717) is 0 Å². The summed E-state index contributed by atoms with van der Waals surface area (Å²) in [6.07, 6.45) is 2.88. The molecule has 0 amide bonds. The third-order valence-corrected chi connectivity index (χ3v) is 10.6. The van der Waals surface area contributed by atoms with Gasteiger partial charge in [0.2, 0.25) is 0 Å². The Kier molecular flexibility index (Phi) is 9.97. The van der Waals surface area contributed by atoms with E-state index in [4.69, 9.17) is 0 Å². The van der Waals surface area contributed by atoms with E-state index >= 15 is 0 Å². The van der Waals surface area contributed by atoms with Crippen molar-refractivity contribution in [3.05, 3.63) is 0 Å². The minimum atomic E-state index is -0.851. The van der Waals surface area contributed by atoms with E-state index in [1.165, 1.54) is 31.2 Å². The van der Waals surface area contributed by atoms with Gasteiger partial charge in [-0.3, -0.25) is 0 Å². The normalized spacial score (nSPS) is 12.0. The second-order valence-corrected chi connectivity index (χ2v) is 12.9. The first-order valence-corrected chi connectivity index (χ1v) is 11.5. The second-order valence-electron chi connectivity index (χ2n) is 5.17. The molecule has 0 rings (SSSR count). The molecule has 0 bridgehead atoms. The zero-order valence-corrected chi connectivity index (χ0v) is 13.8. The van der Waals surface area contributed by atoms with Gasteiger partial charge in [-0.2, -0.15) is 0 Å². The van der Waals surface area contributed by atoms with E-state index in [2.05, 4.69) is 44.9 Å². The van der Waals surface area contributed by atoms with Crippen molar-refractivity contribution in [3.63, 3.8) is 0 Å². The fourth-order valence-corrected chi connectivity index (χ4v) is 7.45. The first-order valence-electron chi connectivity index (χ1n) is 6.35. The van der Waals surface area contributed by atoms with Crippen molar-refractivity contribution in [3.8, 4) is 0 Å². The molecule has 0 radical (unpaired) electrons. The van der Waals surface area contributed by atoms with Crippen molar-refractivity contribution in [1.29, 1.82) is 0 Å². The predicted molar refractivity (Wildman–Crippen MR) is 73.6 cm³/mol. The summed E-state index contributed by atoms with van der Waals surface area (Å²) in [6.45, 7) is 4.99. The van der Waals surface area contributed by atoms with Crippen LogP contribution in [0.15, 0.2) is 0 Å². The molecule has 0 aliphatic carbocycles. The van der Waals surface area contributed by atoms with Crippen LogP contribution in [0.2, 0.25) is 15.8 Å². The Hall–Kier alpha value is 0.463. The molecule has 0 saturated heterocycles. The van der Waals surface area contributed by atoms with Crippen molar-refractivity contribution < 1.29 is 0 Å². The van der Waals surface area contributed by atoms with Crippen LogP contribution in [0.3, 0.4) is 0 Å². The summed E-state index contributed by atoms with van der Waals surface area (Å²) >= 11 is -0.851. The molecule has 0 fully saturated rings. The molecule has 92 valence electrons. The fourth-order valence-electron chi connectivity index (χ4n) is 1.94. The molecule has 0 spiro atoms. The van der Waals surface area contributed by atoms with Crippen molar-refractivity contribution in [2.45, 2.75) is 35.5 Å². The summed E-state index contributed by atoms with van der Waals surface area (Å²) in [6, 6.07) is 0. The van der Waals surface area contributed by atoms with Gasteiger partial charge < -0.3 is 0 Å². The van der Waals surface area contributed by atoms with E-state index in [-0.39, 0.29) is 0 Å². The summed E-state index contributed by atoms with van der Waals surface area (Å²) in [5, 5.41) is 4.72. The monoisotopic (exact) mass is 276 g/mol. The summed E-state index contributed by atoms with van der Waals surface area (Å²) in [5.74, 6) is 0. The molecule has 0 aromatic rings. The third-order valence-electron chi connectivity index (χ3n) is 3.01. The maximum absolute atomic E-state index is 2.41. The van der Waals surface area contributed by atoms with Crippen LogP contribution in [0.25, 0.3) is 0 Å². The standard InChI is InChI=1S/C12H30GeN2/c1-6-13(9-7-11-14(2)3)10-8-12-15(4)5/h13H,6-12H2,1-5H3. The van der Waals surface area contributed by atoms with Crippen molar-refractivity contribution >= 4 is 14.3 Å². The molecule has 0 heterocycles. The predicted octanol–water partition coefficient (Wildman–Crippen LogP) is 2.14. The van der Waals surface area contributed by atoms with Crippen LogP contribution in [0.1, 0.15) is 19.8 Å². The third kappa shape index (κ3) is 10.7. The average molecular weight is 275 g/mol. The Morgan fingerprint density at radius 3 is 1.47 bits per heavy atom. The first kappa shape index (κ1) is 15.5. The molecule has 0 aromatic heterocycles. The summed E-state index contributed by atoms with van der Waals surface area (Å²) in [5.41, 5.74) is 0. The summed E-state index contributed by atoms with van der Waals surface area (Å²) in [7, 11) is 8.72. The van der Waals surface area contributed by atoms with Crippen LogP contribution in [0.4, 0.5) is 0 Å². The zero-order chi connectivity index (χ0) is 11.7. The summed E-state index contributed by atoms with van der Waals surface area (Å²) in [4.78, 5) is 4.63. The van der Waals surface area contributed by atoms with Gasteiger partial charge >= 0.3 is 101 Å². The first-order chi connectivity index (χ1) is 7.06. The average Bonchev–Trinajstić information content (AvgIpc) is 2.14. The Morgan fingerprint density at radius 1 is 0.800 bits per heavy atom. The van der Waals surface area contributed by atoms with Gasteiger partial charge in [-0.05, 0) is 0 Å². The molecule has 15 heavy (non-hydrogen) atoms. The van der Waals surface area contributed by atoms with Gasteiger partial charge in [0.15, 0.2) is 0 Å². The van der Waals surface area contributed by atoms with E-state index in [0.717, 1.165) is 0 Å². The Balaban J connectivity index is 3.46. The molecule has 0 aromatic carbocycles. The SMILES string of the molecule is C[CH2][GeH]([CH2]CCN(C)C)[CH2]CCN(C)C. The van der Waals surface area contributed by atoms with E-state index in [1.807, 2.05) is 0 Å². The van der Waals surface area contributed by atoms with E-state index in [9.17, 15) is 0 Å². The molecule has 0 N–H and O–H groups in total. The molecule has 0 saturated carbocycles. The number of nitrogens with zero attached hydrogens (tertiary/aromatic N) is 2. The van der Waals surface area contributed by atoms with Crippen LogP contribution in [0, 0.1) is 0 Å². The topological polar surface area (TPSA) is 6.48 Å². The quantitative estimate of drug-likeness (QED) is 0.595. The molecule has 0 unspecified atom stereocenters. The molecule has 0 atom stereocenters. The number of hydrogen-bond acceptors (Lipinski definition) is 2. The van der Waals surface area contributed by atoms with Crippen LogP contribution in [-0.2, 0) is 0 Å². The maximum atomic E-state index is 2.41. The van der Waals surface area contributed by atoms with Gasteiger partial charge in [0.05, 0.1) is 0 Å². The van der Waals surface area contributed by atoms with Gasteiger partial charge in [0.25, 0.3) is 0 Å². The van der Waals surface area contributed by atoms with Crippen LogP contribution in [0.5, 0.6) is 0 Å². The van der Waals surface area contributed by atoms with E-state index in [1.54, 1.807) is 10.5 Å². The fraction of sp³-hybridized carbons (Fsp3) is 1.00. The molecule has 0 aliphatic rings. The van der Waals surface area contributed by atoms with Gasteiger partial charge in [-0.15, -0.1) is 0 Å². The number of rotatable bonds is 9. The zero-order valence-electron chi connectivity index (χ0n) is 11.4. The van der Waals surface area contributed by atoms with Crippen molar-refractivity contribution in [2.24, 2.45) is 0 Å². The molecule has 3 heteroatoms. The second kappa shape index (κ2) is 9.67. The summed E-state index contributed by atoms with van der Waals surface area (Å²) < 4.78 is 0. The molecular weight excluding hydrogens is 245 g/mol. The van der Waals surface area contributed by atoms with Gasteiger partial charge in [0, 0.05) is 0 Å². The molecule has 2 nitrogen and oxygen atoms in total. The van der Waals surface area contributed by atoms with Gasteiger partial charge in [0.1, 0.15) is 0 Å². The van der Waals surface area contributed by atoms with Crippen LogP contribution >= 0.6 is 0 Å². The number of hydrogen-bond donors (Lipinski definition) is 0. The Morgan fingerprint density at radius 2 is 1.20 bits per heavy atom. The molecular formula is C12H30GeN2. The van der Waals surface area contributed by atoms with Crippen molar-refractivity contribution in [1.82, 2.24) is 9.80 Å². The van der Waals surface area contributed by atoms with E-state index < -0.39 is 14.3 Å².